The minimum absolute atomic E-state index is 0.117. The summed E-state index contributed by atoms with van der Waals surface area (Å²) in [5.74, 6) is 2.85. The summed E-state index contributed by atoms with van der Waals surface area (Å²) in [6.07, 6.45) is 0. The number of hydrazone groups is 1. The summed E-state index contributed by atoms with van der Waals surface area (Å²) < 4.78 is 0. The van der Waals surface area contributed by atoms with E-state index in [1.807, 2.05) is 12.1 Å². The van der Waals surface area contributed by atoms with Gasteiger partial charge in [0.2, 0.25) is 5.78 Å². The molecule has 0 radical (unpaired) electrons. The second-order valence-electron chi connectivity index (χ2n) is 4.82. The molecule has 0 aliphatic rings. The number of hydrogen-bond donors (Lipinski definition) is 1. The van der Waals surface area contributed by atoms with Crippen LogP contribution in [0.2, 0.25) is 0 Å². The fourth-order valence-corrected chi connectivity index (χ4v) is 2.30. The van der Waals surface area contributed by atoms with Gasteiger partial charge in [0.25, 0.3) is 0 Å². The van der Waals surface area contributed by atoms with Crippen LogP contribution in [0.4, 0.5) is 0 Å². The maximum atomic E-state index is 12.7. The average molecular weight is 302 g/mol. The van der Waals surface area contributed by atoms with Gasteiger partial charge >= 0.3 is 0 Å². The van der Waals surface area contributed by atoms with Crippen molar-refractivity contribution in [3.8, 4) is 12.1 Å². The topological polar surface area (TPSA) is 103 Å². The molecule has 2 N–H and O–H groups in total. The first-order valence-electron chi connectivity index (χ1n) is 6.94. The molecule has 23 heavy (non-hydrogen) atoms. The van der Waals surface area contributed by atoms with E-state index in [1.165, 1.54) is 0 Å². The Morgan fingerprint density at radius 1 is 0.870 bits per heavy atom. The van der Waals surface area contributed by atoms with E-state index in [9.17, 15) is 15.3 Å². The molecule has 0 heterocycles. The first kappa shape index (κ1) is 15.9. The standard InChI is InChI=1S/C18H14N4O/c19-11-15(13-7-3-1-4-8-13)17(22-21)18(23)16(12-20)14-9-5-2-6-10-14/h1-10,15-16H,21H2/b22-17+/t15-,16-/m0/s1. The largest absolute Gasteiger partial charge is 0.323 e. The predicted molar refractivity (Wildman–Crippen MR) is 86.2 cm³/mol. The van der Waals surface area contributed by atoms with Crippen molar-refractivity contribution >= 4 is 11.5 Å². The first-order valence-corrected chi connectivity index (χ1v) is 6.94. The van der Waals surface area contributed by atoms with E-state index < -0.39 is 17.6 Å². The molecule has 0 unspecified atom stereocenters. The Kier molecular flexibility index (Phi) is 5.22. The smallest absolute Gasteiger partial charge is 0.202 e. The molecule has 2 rings (SSSR count). The summed E-state index contributed by atoms with van der Waals surface area (Å²) in [6, 6.07) is 21.4. The molecule has 0 amide bonds. The van der Waals surface area contributed by atoms with Crippen LogP contribution in [-0.2, 0) is 4.79 Å². The zero-order valence-corrected chi connectivity index (χ0v) is 12.3. The van der Waals surface area contributed by atoms with Crippen LogP contribution in [0.15, 0.2) is 65.8 Å². The summed E-state index contributed by atoms with van der Waals surface area (Å²) in [5, 5.41) is 22.3. The maximum Gasteiger partial charge on any atom is 0.202 e. The highest BCUT2D eigenvalue weighted by Gasteiger charge is 2.31. The molecule has 0 saturated heterocycles. The molecular weight excluding hydrogens is 288 g/mol. The number of nitrogens with zero attached hydrogens (tertiary/aromatic N) is 3. The van der Waals surface area contributed by atoms with Crippen molar-refractivity contribution in [2.75, 3.05) is 0 Å². The van der Waals surface area contributed by atoms with Gasteiger partial charge in [0.05, 0.1) is 12.1 Å². The van der Waals surface area contributed by atoms with E-state index in [1.54, 1.807) is 60.7 Å². The van der Waals surface area contributed by atoms with Crippen molar-refractivity contribution < 1.29 is 4.79 Å². The normalized spacial score (nSPS) is 13.4. The number of nitrogens with two attached hydrogens (primary N) is 1. The van der Waals surface area contributed by atoms with Gasteiger partial charge in [0.15, 0.2) is 0 Å². The Morgan fingerprint density at radius 2 is 1.30 bits per heavy atom. The molecule has 2 atom stereocenters. The molecule has 5 heteroatoms. The summed E-state index contributed by atoms with van der Waals surface area (Å²) in [6.45, 7) is 0. The number of nitriles is 2. The van der Waals surface area contributed by atoms with Crippen LogP contribution in [-0.4, -0.2) is 11.5 Å². The third-order valence-corrected chi connectivity index (χ3v) is 3.45. The molecular formula is C18H14N4O. The quantitative estimate of drug-likeness (QED) is 0.520. The van der Waals surface area contributed by atoms with Gasteiger partial charge in [-0.05, 0) is 11.1 Å². The summed E-state index contributed by atoms with van der Waals surface area (Å²) in [4.78, 5) is 12.7. The van der Waals surface area contributed by atoms with Gasteiger partial charge in [-0.3, -0.25) is 4.79 Å². The van der Waals surface area contributed by atoms with Gasteiger partial charge < -0.3 is 5.84 Å². The van der Waals surface area contributed by atoms with Crippen molar-refractivity contribution in [1.82, 2.24) is 0 Å². The number of ketones is 1. The number of carbonyl (C=O) groups excluding carboxylic acids is 1. The van der Waals surface area contributed by atoms with E-state index >= 15 is 0 Å². The van der Waals surface area contributed by atoms with Crippen LogP contribution >= 0.6 is 0 Å². The van der Waals surface area contributed by atoms with E-state index in [0.29, 0.717) is 11.1 Å². The van der Waals surface area contributed by atoms with Crippen molar-refractivity contribution in [2.45, 2.75) is 11.8 Å². The SMILES string of the molecule is N#C[C@H](C(=O)/C(=N/N)[C@@H](C#N)c1ccccc1)c1ccccc1. The van der Waals surface area contributed by atoms with Crippen LogP contribution in [0.5, 0.6) is 0 Å². The summed E-state index contributed by atoms with van der Waals surface area (Å²) >= 11 is 0. The minimum atomic E-state index is -1.04. The third-order valence-electron chi connectivity index (χ3n) is 3.45. The van der Waals surface area contributed by atoms with Gasteiger partial charge in [0, 0.05) is 0 Å². The zero-order valence-electron chi connectivity index (χ0n) is 12.3. The highest BCUT2D eigenvalue weighted by Crippen LogP contribution is 2.23. The Labute approximate surface area is 134 Å². The lowest BCUT2D eigenvalue weighted by atomic mass is 9.86. The Morgan fingerprint density at radius 3 is 1.70 bits per heavy atom. The van der Waals surface area contributed by atoms with Gasteiger partial charge in [-0.1, -0.05) is 60.7 Å². The average Bonchev–Trinajstić information content (AvgIpc) is 2.61. The lowest BCUT2D eigenvalue weighted by molar-refractivity contribution is -0.113. The molecule has 0 bridgehead atoms. The van der Waals surface area contributed by atoms with Crippen molar-refractivity contribution in [2.24, 2.45) is 10.9 Å². The molecule has 0 saturated carbocycles. The Balaban J connectivity index is 2.39. The molecule has 0 aliphatic heterocycles. The monoisotopic (exact) mass is 302 g/mol. The van der Waals surface area contributed by atoms with Gasteiger partial charge in [-0.2, -0.15) is 15.6 Å². The first-order chi connectivity index (χ1) is 11.2. The second-order valence-corrected chi connectivity index (χ2v) is 4.82. The number of Topliss-reactive ketones (excluding diaryl/α,β-unsaturated/α-hetero) is 1. The minimum Gasteiger partial charge on any atom is -0.323 e. The molecule has 0 fully saturated rings. The van der Waals surface area contributed by atoms with Crippen LogP contribution in [0.3, 0.4) is 0 Å². The molecule has 5 nitrogen and oxygen atoms in total. The number of rotatable bonds is 5. The van der Waals surface area contributed by atoms with E-state index in [4.69, 9.17) is 5.84 Å². The van der Waals surface area contributed by atoms with Crippen molar-refractivity contribution in [1.29, 1.82) is 10.5 Å². The van der Waals surface area contributed by atoms with Crippen molar-refractivity contribution in [3.05, 3.63) is 71.8 Å². The highest BCUT2D eigenvalue weighted by atomic mass is 16.1. The fourth-order valence-electron chi connectivity index (χ4n) is 2.30. The molecule has 2 aromatic rings. The lowest BCUT2D eigenvalue weighted by Crippen LogP contribution is -2.28. The molecule has 2 aromatic carbocycles. The van der Waals surface area contributed by atoms with E-state index in [2.05, 4.69) is 5.10 Å². The number of benzene rings is 2. The number of carbonyl (C=O) groups is 1. The summed E-state index contributed by atoms with van der Waals surface area (Å²) in [5.41, 5.74) is 1.04. The zero-order chi connectivity index (χ0) is 16.7. The van der Waals surface area contributed by atoms with Crippen LogP contribution in [0.1, 0.15) is 23.0 Å². The van der Waals surface area contributed by atoms with Crippen LogP contribution < -0.4 is 5.84 Å². The van der Waals surface area contributed by atoms with E-state index in [-0.39, 0.29) is 5.71 Å². The lowest BCUT2D eigenvalue weighted by Gasteiger charge is -2.14. The van der Waals surface area contributed by atoms with E-state index in [0.717, 1.165) is 0 Å². The van der Waals surface area contributed by atoms with Crippen molar-refractivity contribution in [3.63, 3.8) is 0 Å². The Hall–Kier alpha value is -3.44. The van der Waals surface area contributed by atoms with Gasteiger partial charge in [0.1, 0.15) is 17.5 Å². The molecule has 0 spiro atoms. The number of hydrogen-bond acceptors (Lipinski definition) is 5. The van der Waals surface area contributed by atoms with Crippen LogP contribution in [0.25, 0.3) is 0 Å². The van der Waals surface area contributed by atoms with Crippen LogP contribution in [0, 0.1) is 22.7 Å². The van der Waals surface area contributed by atoms with Gasteiger partial charge in [-0.25, -0.2) is 0 Å². The fraction of sp³-hybridized carbons (Fsp3) is 0.111. The maximum absolute atomic E-state index is 12.7. The molecule has 112 valence electrons. The second kappa shape index (κ2) is 7.53. The highest BCUT2D eigenvalue weighted by molar-refractivity contribution is 6.44. The third kappa shape index (κ3) is 3.42. The molecule has 0 aromatic heterocycles. The summed E-state index contributed by atoms with van der Waals surface area (Å²) in [7, 11) is 0. The molecule has 0 aliphatic carbocycles. The predicted octanol–water partition coefficient (Wildman–Crippen LogP) is 2.48. The Bertz CT molecular complexity index is 785. The van der Waals surface area contributed by atoms with Gasteiger partial charge in [-0.15, -0.1) is 0 Å².